The van der Waals surface area contributed by atoms with Gasteiger partial charge in [-0.25, -0.2) is 8.42 Å². The molecule has 0 radical (unpaired) electrons. The molecule has 6 nitrogen and oxygen atoms in total. The molecule has 0 saturated heterocycles. The fourth-order valence-corrected chi connectivity index (χ4v) is 4.81. The summed E-state index contributed by atoms with van der Waals surface area (Å²) in [5, 5.41) is 11.0. The van der Waals surface area contributed by atoms with E-state index in [4.69, 9.17) is 9.47 Å². The lowest BCUT2D eigenvalue weighted by atomic mass is 9.86. The van der Waals surface area contributed by atoms with E-state index in [2.05, 4.69) is 0 Å². The van der Waals surface area contributed by atoms with E-state index in [1.165, 1.54) is 11.2 Å². The molecular weight excluding hydrogens is 423 g/mol. The average Bonchev–Trinajstić information content (AvgIpc) is 2.64. The number of halogens is 3. The number of alkyl halides is 3. The van der Waals surface area contributed by atoms with Crippen molar-refractivity contribution in [3.63, 3.8) is 0 Å². The van der Waals surface area contributed by atoms with Gasteiger partial charge in [0, 0.05) is 18.5 Å². The van der Waals surface area contributed by atoms with E-state index in [-0.39, 0.29) is 25.3 Å². The Kier molecular flexibility index (Phi) is 7.68. The molecule has 0 spiro atoms. The van der Waals surface area contributed by atoms with Crippen molar-refractivity contribution in [3.8, 4) is 11.5 Å². The van der Waals surface area contributed by atoms with Crippen LogP contribution < -0.4 is 9.47 Å². The molecule has 1 heterocycles. The van der Waals surface area contributed by atoms with E-state index in [9.17, 15) is 26.7 Å². The average molecular weight is 454 g/mol. The normalized spacial score (nSPS) is 21.2. The summed E-state index contributed by atoms with van der Waals surface area (Å²) >= 11 is 0. The Morgan fingerprint density at radius 1 is 1.27 bits per heavy atom. The highest BCUT2D eigenvalue weighted by Gasteiger charge is 2.48. The summed E-state index contributed by atoms with van der Waals surface area (Å²) in [6.07, 6.45) is -5.99. The van der Waals surface area contributed by atoms with Crippen molar-refractivity contribution in [1.29, 1.82) is 0 Å². The zero-order valence-electron chi connectivity index (χ0n) is 17.7. The third-order valence-electron chi connectivity index (χ3n) is 5.03. The number of nitrogens with zero attached hydrogens (tertiary/aromatic N) is 1. The molecule has 172 valence electrons. The van der Waals surface area contributed by atoms with E-state index < -0.39 is 40.4 Å². The maximum absolute atomic E-state index is 12.8. The van der Waals surface area contributed by atoms with E-state index in [1.807, 2.05) is 6.92 Å². The largest absolute Gasteiger partial charge is 0.494 e. The molecule has 0 bridgehead atoms. The van der Waals surface area contributed by atoms with Crippen molar-refractivity contribution in [2.24, 2.45) is 0 Å². The van der Waals surface area contributed by atoms with E-state index in [1.54, 1.807) is 32.0 Å². The van der Waals surface area contributed by atoms with Crippen molar-refractivity contribution in [2.45, 2.75) is 70.9 Å². The van der Waals surface area contributed by atoms with Gasteiger partial charge >= 0.3 is 6.18 Å². The second kappa shape index (κ2) is 9.32. The molecule has 10 heteroatoms. The summed E-state index contributed by atoms with van der Waals surface area (Å²) in [6.45, 7) is 6.82. The van der Waals surface area contributed by atoms with Gasteiger partial charge < -0.3 is 14.6 Å². The van der Waals surface area contributed by atoms with Gasteiger partial charge in [0.05, 0.1) is 18.4 Å². The molecule has 0 saturated carbocycles. The van der Waals surface area contributed by atoms with Crippen LogP contribution in [0.4, 0.5) is 13.2 Å². The number of hydrogen-bond acceptors (Lipinski definition) is 5. The Balaban J connectivity index is 2.39. The summed E-state index contributed by atoms with van der Waals surface area (Å²) in [5.74, 6) is 0.577. The van der Waals surface area contributed by atoms with Crippen LogP contribution in [0.2, 0.25) is 0 Å². The van der Waals surface area contributed by atoms with Crippen LogP contribution >= 0.6 is 0 Å². The third kappa shape index (κ3) is 5.79. The van der Waals surface area contributed by atoms with Gasteiger partial charge in [-0.2, -0.15) is 17.5 Å². The Labute approximate surface area is 176 Å². The van der Waals surface area contributed by atoms with Gasteiger partial charge in [-0.15, -0.1) is 0 Å². The van der Waals surface area contributed by atoms with Gasteiger partial charge in [-0.3, -0.25) is 0 Å². The molecule has 0 aromatic heterocycles. The van der Waals surface area contributed by atoms with E-state index in [0.29, 0.717) is 23.5 Å². The molecule has 1 aliphatic rings. The SMILES string of the molecule is CCCN(C1c2cc(OCCCC(F)(F)F)ccc2OC(C)(C)C1O)S(=O)(=O)CC. The number of rotatable bonds is 9. The molecule has 1 aromatic carbocycles. The lowest BCUT2D eigenvalue weighted by molar-refractivity contribution is -0.136. The molecule has 2 unspecified atom stereocenters. The minimum absolute atomic E-state index is 0.125. The maximum atomic E-state index is 12.8. The minimum Gasteiger partial charge on any atom is -0.494 e. The van der Waals surface area contributed by atoms with Gasteiger partial charge in [0.25, 0.3) is 0 Å². The summed E-state index contributed by atoms with van der Waals surface area (Å²) in [4.78, 5) is 0. The molecule has 1 N–H and O–H groups in total. The summed E-state index contributed by atoms with van der Waals surface area (Å²) in [5.41, 5.74) is -0.609. The predicted octanol–water partition coefficient (Wildman–Crippen LogP) is 4.04. The Bertz CT molecular complexity index is 826. The molecular formula is C20H30F3NO5S. The van der Waals surface area contributed by atoms with Crippen LogP contribution in [0.5, 0.6) is 11.5 Å². The summed E-state index contributed by atoms with van der Waals surface area (Å²) in [6, 6.07) is 3.81. The standard InChI is InChI=1S/C20H30F3NO5S/c1-5-11-24(30(26,27)6-2)17-15-13-14(28-12-7-10-20(21,22)23)8-9-16(15)29-19(3,4)18(17)25/h8-9,13,17-18,25H,5-7,10-12H2,1-4H3. The lowest BCUT2D eigenvalue weighted by Gasteiger charge is -2.45. The second-order valence-electron chi connectivity index (χ2n) is 7.87. The number of aliphatic hydroxyl groups excluding tert-OH is 1. The Hall–Kier alpha value is -1.52. The van der Waals surface area contributed by atoms with Crippen LogP contribution in [0.25, 0.3) is 0 Å². The van der Waals surface area contributed by atoms with Gasteiger partial charge in [0.1, 0.15) is 23.2 Å². The quantitative estimate of drug-likeness (QED) is 0.571. The summed E-state index contributed by atoms with van der Waals surface area (Å²) in [7, 11) is -3.65. The van der Waals surface area contributed by atoms with Crippen LogP contribution in [-0.2, 0) is 10.0 Å². The molecule has 0 aliphatic carbocycles. The highest BCUT2D eigenvalue weighted by Crippen LogP contribution is 2.45. The van der Waals surface area contributed by atoms with Crippen LogP contribution in [-0.4, -0.2) is 54.6 Å². The van der Waals surface area contributed by atoms with Gasteiger partial charge in [0.15, 0.2) is 0 Å². The smallest absolute Gasteiger partial charge is 0.389 e. The number of fused-ring (bicyclic) bond motifs is 1. The fraction of sp³-hybridized carbons (Fsp3) is 0.700. The van der Waals surface area contributed by atoms with E-state index in [0.717, 1.165) is 0 Å². The van der Waals surface area contributed by atoms with Crippen LogP contribution in [0.1, 0.15) is 58.6 Å². The molecule has 2 rings (SSSR count). The van der Waals surface area contributed by atoms with Crippen molar-refractivity contribution in [2.75, 3.05) is 18.9 Å². The van der Waals surface area contributed by atoms with Crippen LogP contribution in [0, 0.1) is 0 Å². The summed E-state index contributed by atoms with van der Waals surface area (Å²) < 4.78 is 75.1. The Morgan fingerprint density at radius 2 is 1.93 bits per heavy atom. The molecule has 2 atom stereocenters. The predicted molar refractivity (Wildman–Crippen MR) is 107 cm³/mol. The monoisotopic (exact) mass is 453 g/mol. The third-order valence-corrected chi connectivity index (χ3v) is 6.89. The number of ether oxygens (including phenoxy) is 2. The number of sulfonamides is 1. The van der Waals surface area contributed by atoms with Gasteiger partial charge in [-0.1, -0.05) is 6.92 Å². The van der Waals surface area contributed by atoms with Crippen molar-refractivity contribution < 1.29 is 36.2 Å². The second-order valence-corrected chi connectivity index (χ2v) is 10.1. The molecule has 0 amide bonds. The first-order valence-electron chi connectivity index (χ1n) is 10.0. The number of benzene rings is 1. The fourth-order valence-electron chi connectivity index (χ4n) is 3.45. The van der Waals surface area contributed by atoms with Gasteiger partial charge in [0.2, 0.25) is 10.0 Å². The first kappa shape index (κ1) is 24.7. The molecule has 30 heavy (non-hydrogen) atoms. The first-order valence-corrected chi connectivity index (χ1v) is 11.6. The Morgan fingerprint density at radius 3 is 2.50 bits per heavy atom. The van der Waals surface area contributed by atoms with E-state index >= 15 is 0 Å². The van der Waals surface area contributed by atoms with Crippen LogP contribution in [0.15, 0.2) is 18.2 Å². The highest BCUT2D eigenvalue weighted by molar-refractivity contribution is 7.89. The maximum Gasteiger partial charge on any atom is 0.389 e. The minimum atomic E-state index is -4.25. The molecule has 1 aliphatic heterocycles. The number of hydrogen-bond donors (Lipinski definition) is 1. The number of aliphatic hydroxyl groups is 1. The topological polar surface area (TPSA) is 76.1 Å². The zero-order chi connectivity index (χ0) is 22.7. The lowest BCUT2D eigenvalue weighted by Crippen LogP contribution is -2.55. The van der Waals surface area contributed by atoms with Gasteiger partial charge in [-0.05, 0) is 51.8 Å². The van der Waals surface area contributed by atoms with Crippen molar-refractivity contribution in [1.82, 2.24) is 4.31 Å². The zero-order valence-corrected chi connectivity index (χ0v) is 18.5. The van der Waals surface area contributed by atoms with Crippen molar-refractivity contribution in [3.05, 3.63) is 23.8 Å². The highest BCUT2D eigenvalue weighted by atomic mass is 32.2. The molecule has 0 fully saturated rings. The van der Waals surface area contributed by atoms with Crippen LogP contribution in [0.3, 0.4) is 0 Å². The molecule has 1 aromatic rings. The first-order chi connectivity index (χ1) is 13.8. The van der Waals surface area contributed by atoms with Crippen molar-refractivity contribution >= 4 is 10.0 Å².